The van der Waals surface area contributed by atoms with Crippen molar-refractivity contribution in [3.63, 3.8) is 0 Å². The molecular formula is C17H18N4O2S. The van der Waals surface area contributed by atoms with Crippen LogP contribution in [0.2, 0.25) is 0 Å². The number of carbonyl (C=O) groups is 1. The van der Waals surface area contributed by atoms with Crippen molar-refractivity contribution in [3.05, 3.63) is 65.9 Å². The van der Waals surface area contributed by atoms with E-state index >= 15 is 0 Å². The number of nitrogens with zero attached hydrogens (tertiary/aromatic N) is 4. The lowest BCUT2D eigenvalue weighted by Gasteiger charge is -2.11. The van der Waals surface area contributed by atoms with E-state index in [0.717, 1.165) is 16.5 Å². The standard InChI is InChI=1S/C17H18N4O2S/c1-20(2)16(22)14-6-3-5-13(9-14)11-24-17-19-18-12-21(17)10-15-7-4-8-23-15/h3-9,12H,10-11H2,1-2H3. The largest absolute Gasteiger partial charge is 0.467 e. The van der Waals surface area contributed by atoms with Crippen molar-refractivity contribution < 1.29 is 9.21 Å². The highest BCUT2D eigenvalue weighted by molar-refractivity contribution is 7.98. The van der Waals surface area contributed by atoms with E-state index in [-0.39, 0.29) is 5.91 Å². The van der Waals surface area contributed by atoms with Gasteiger partial charge in [0.2, 0.25) is 0 Å². The summed E-state index contributed by atoms with van der Waals surface area (Å²) in [6, 6.07) is 11.4. The fourth-order valence-electron chi connectivity index (χ4n) is 2.24. The molecule has 2 aromatic heterocycles. The third kappa shape index (κ3) is 3.86. The third-order valence-corrected chi connectivity index (χ3v) is 4.49. The molecule has 6 nitrogen and oxygen atoms in total. The van der Waals surface area contributed by atoms with Gasteiger partial charge in [-0.2, -0.15) is 0 Å². The Morgan fingerprint density at radius 1 is 1.29 bits per heavy atom. The van der Waals surface area contributed by atoms with Crippen molar-refractivity contribution in [3.8, 4) is 0 Å². The number of benzene rings is 1. The number of thioether (sulfide) groups is 1. The van der Waals surface area contributed by atoms with Gasteiger partial charge in [0.25, 0.3) is 5.91 Å². The second-order valence-electron chi connectivity index (χ2n) is 5.51. The number of furan rings is 1. The molecule has 0 aliphatic heterocycles. The monoisotopic (exact) mass is 342 g/mol. The second kappa shape index (κ2) is 7.35. The van der Waals surface area contributed by atoms with Gasteiger partial charge in [-0.15, -0.1) is 10.2 Å². The topological polar surface area (TPSA) is 64.2 Å². The Kier molecular flexibility index (Phi) is 5.00. The van der Waals surface area contributed by atoms with Crippen LogP contribution in [-0.4, -0.2) is 39.7 Å². The van der Waals surface area contributed by atoms with Crippen molar-refractivity contribution >= 4 is 17.7 Å². The first-order valence-corrected chi connectivity index (χ1v) is 8.45. The molecule has 0 saturated carbocycles. The highest BCUT2D eigenvalue weighted by Gasteiger charge is 2.10. The first kappa shape index (κ1) is 16.3. The van der Waals surface area contributed by atoms with E-state index in [1.54, 1.807) is 43.3 Å². The van der Waals surface area contributed by atoms with Crippen molar-refractivity contribution in [1.82, 2.24) is 19.7 Å². The molecule has 7 heteroatoms. The van der Waals surface area contributed by atoms with Gasteiger partial charge in [0, 0.05) is 25.4 Å². The maximum atomic E-state index is 12.0. The molecule has 2 heterocycles. The van der Waals surface area contributed by atoms with Crippen LogP contribution in [0.3, 0.4) is 0 Å². The predicted octanol–water partition coefficient (Wildman–Crippen LogP) is 2.91. The summed E-state index contributed by atoms with van der Waals surface area (Å²) in [6.45, 7) is 0.599. The maximum Gasteiger partial charge on any atom is 0.253 e. The van der Waals surface area contributed by atoms with Gasteiger partial charge in [-0.1, -0.05) is 23.9 Å². The first-order valence-electron chi connectivity index (χ1n) is 7.47. The molecule has 1 aromatic carbocycles. The minimum absolute atomic E-state index is 0.00263. The SMILES string of the molecule is CN(C)C(=O)c1cccc(CSc2nncn2Cc2ccco2)c1. The lowest BCUT2D eigenvalue weighted by molar-refractivity contribution is 0.0827. The Morgan fingerprint density at radius 2 is 2.17 bits per heavy atom. The number of rotatable bonds is 6. The molecule has 0 bridgehead atoms. The van der Waals surface area contributed by atoms with Crippen molar-refractivity contribution in [2.45, 2.75) is 17.5 Å². The van der Waals surface area contributed by atoms with Crippen LogP contribution >= 0.6 is 11.8 Å². The Morgan fingerprint density at radius 3 is 2.92 bits per heavy atom. The molecule has 0 saturated heterocycles. The van der Waals surface area contributed by atoms with Crippen LogP contribution in [-0.2, 0) is 12.3 Å². The van der Waals surface area contributed by atoms with Crippen LogP contribution < -0.4 is 0 Å². The van der Waals surface area contributed by atoms with Gasteiger partial charge in [-0.25, -0.2) is 0 Å². The summed E-state index contributed by atoms with van der Waals surface area (Å²) >= 11 is 1.58. The summed E-state index contributed by atoms with van der Waals surface area (Å²) in [7, 11) is 3.50. The number of hydrogen-bond donors (Lipinski definition) is 0. The van der Waals surface area contributed by atoms with E-state index in [1.807, 2.05) is 41.0 Å². The quantitative estimate of drug-likeness (QED) is 0.645. The fraction of sp³-hybridized carbons (Fsp3) is 0.235. The van der Waals surface area contributed by atoms with Gasteiger partial charge in [0.1, 0.15) is 12.1 Å². The molecule has 0 spiro atoms. The highest BCUT2D eigenvalue weighted by Crippen LogP contribution is 2.22. The zero-order valence-corrected chi connectivity index (χ0v) is 14.4. The molecule has 0 aliphatic rings. The van der Waals surface area contributed by atoms with Crippen LogP contribution in [0.5, 0.6) is 0 Å². The molecule has 0 radical (unpaired) electrons. The average molecular weight is 342 g/mol. The summed E-state index contributed by atoms with van der Waals surface area (Å²) in [5, 5.41) is 8.95. The minimum Gasteiger partial charge on any atom is -0.467 e. The second-order valence-corrected chi connectivity index (χ2v) is 6.45. The van der Waals surface area contributed by atoms with Crippen LogP contribution in [0.25, 0.3) is 0 Å². The fourth-order valence-corrected chi connectivity index (χ4v) is 3.09. The Balaban J connectivity index is 1.67. The van der Waals surface area contributed by atoms with Gasteiger partial charge >= 0.3 is 0 Å². The van der Waals surface area contributed by atoms with E-state index in [1.165, 1.54) is 0 Å². The molecule has 0 N–H and O–H groups in total. The van der Waals surface area contributed by atoms with Crippen LogP contribution in [0.1, 0.15) is 21.7 Å². The summed E-state index contributed by atoms with van der Waals surface area (Å²) in [4.78, 5) is 13.6. The third-order valence-electron chi connectivity index (χ3n) is 3.43. The van der Waals surface area contributed by atoms with Gasteiger partial charge in [0.15, 0.2) is 5.16 Å². The van der Waals surface area contributed by atoms with Gasteiger partial charge in [0.05, 0.1) is 12.8 Å². The molecule has 0 unspecified atom stereocenters. The van der Waals surface area contributed by atoms with E-state index in [2.05, 4.69) is 10.2 Å². The molecule has 0 aliphatic carbocycles. The minimum atomic E-state index is 0.00263. The number of aromatic nitrogens is 3. The van der Waals surface area contributed by atoms with E-state index in [9.17, 15) is 4.79 Å². The zero-order valence-electron chi connectivity index (χ0n) is 13.5. The lowest BCUT2D eigenvalue weighted by Crippen LogP contribution is -2.21. The molecule has 0 fully saturated rings. The average Bonchev–Trinajstić information content (AvgIpc) is 3.25. The molecule has 124 valence electrons. The number of amides is 1. The summed E-state index contributed by atoms with van der Waals surface area (Å²) in [5.41, 5.74) is 1.76. The van der Waals surface area contributed by atoms with E-state index in [4.69, 9.17) is 4.42 Å². The van der Waals surface area contributed by atoms with Gasteiger partial charge < -0.3 is 13.9 Å². The normalized spacial score (nSPS) is 10.8. The summed E-state index contributed by atoms with van der Waals surface area (Å²) < 4.78 is 7.30. The van der Waals surface area contributed by atoms with Crippen LogP contribution in [0.4, 0.5) is 0 Å². The Hall–Kier alpha value is -2.54. The zero-order chi connectivity index (χ0) is 16.9. The maximum absolute atomic E-state index is 12.0. The van der Waals surface area contributed by atoms with Crippen LogP contribution in [0.15, 0.2) is 58.6 Å². The van der Waals surface area contributed by atoms with Crippen molar-refractivity contribution in [2.24, 2.45) is 0 Å². The first-order chi connectivity index (χ1) is 11.6. The van der Waals surface area contributed by atoms with Crippen molar-refractivity contribution in [1.29, 1.82) is 0 Å². The molecular weight excluding hydrogens is 324 g/mol. The van der Waals surface area contributed by atoms with E-state index in [0.29, 0.717) is 17.9 Å². The van der Waals surface area contributed by atoms with Gasteiger partial charge in [-0.3, -0.25) is 4.79 Å². The number of hydrogen-bond acceptors (Lipinski definition) is 5. The lowest BCUT2D eigenvalue weighted by atomic mass is 10.1. The highest BCUT2D eigenvalue weighted by atomic mass is 32.2. The predicted molar refractivity (Wildman–Crippen MR) is 91.9 cm³/mol. The Labute approximate surface area is 144 Å². The molecule has 3 aromatic rings. The molecule has 0 atom stereocenters. The summed E-state index contributed by atoms with van der Waals surface area (Å²) in [6.07, 6.45) is 3.34. The van der Waals surface area contributed by atoms with E-state index < -0.39 is 0 Å². The summed E-state index contributed by atoms with van der Waals surface area (Å²) in [5.74, 6) is 1.57. The molecule has 1 amide bonds. The van der Waals surface area contributed by atoms with Crippen molar-refractivity contribution in [2.75, 3.05) is 14.1 Å². The van der Waals surface area contributed by atoms with Gasteiger partial charge in [-0.05, 0) is 29.8 Å². The molecule has 24 heavy (non-hydrogen) atoms. The smallest absolute Gasteiger partial charge is 0.253 e. The van der Waals surface area contributed by atoms with Crippen LogP contribution in [0, 0.1) is 0 Å². The Bertz CT molecular complexity index is 812. The number of carbonyl (C=O) groups excluding carboxylic acids is 1. The molecule has 3 rings (SSSR count).